The van der Waals surface area contributed by atoms with Crippen molar-refractivity contribution in [2.45, 2.75) is 115 Å². The zero-order chi connectivity index (χ0) is 28.0. The second-order valence-corrected chi connectivity index (χ2v) is 8.02. The molecule has 3 rings (SSSR count). The van der Waals surface area contributed by atoms with Crippen molar-refractivity contribution in [3.63, 3.8) is 0 Å². The van der Waals surface area contributed by atoms with Crippen LogP contribution in [0.3, 0.4) is 0 Å². The molecule has 0 radical (unpaired) electrons. The quantitative estimate of drug-likeness (QED) is 0.331. The van der Waals surface area contributed by atoms with Gasteiger partial charge in [-0.3, -0.25) is 0 Å². The molecule has 0 fully saturated rings. The van der Waals surface area contributed by atoms with Crippen LogP contribution in [0.1, 0.15) is 111 Å². The van der Waals surface area contributed by atoms with Gasteiger partial charge in [0.2, 0.25) is 0 Å². The molecular formula is C35H58O. The summed E-state index contributed by atoms with van der Waals surface area (Å²) in [6, 6.07) is 26.2. The molecule has 1 heteroatoms. The molecule has 0 saturated heterocycles. The first-order chi connectivity index (χ1) is 17.5. The van der Waals surface area contributed by atoms with E-state index in [1.807, 2.05) is 76.2 Å². The minimum atomic E-state index is 0.873. The molecule has 0 atom stereocenters. The Labute approximate surface area is 226 Å². The van der Waals surface area contributed by atoms with E-state index < -0.39 is 0 Å². The molecule has 1 nitrogen and oxygen atoms in total. The summed E-state index contributed by atoms with van der Waals surface area (Å²) < 4.78 is 5.66. The SMILES string of the molecule is CC.CC.CCCCC.CCCCC.Cc1cccc(Oc2ccccc2)c1.Cc1ccccc1C. The summed E-state index contributed by atoms with van der Waals surface area (Å²) in [7, 11) is 0. The molecule has 0 spiro atoms. The molecule has 0 unspecified atom stereocenters. The normalized spacial score (nSPS) is 8.53. The molecule has 3 aromatic rings. The van der Waals surface area contributed by atoms with Crippen molar-refractivity contribution in [2.75, 3.05) is 0 Å². The number of aryl methyl sites for hydroxylation is 3. The predicted molar refractivity (Wildman–Crippen MR) is 167 cm³/mol. The topological polar surface area (TPSA) is 9.23 Å². The predicted octanol–water partition coefficient (Wildman–Crippen LogP) is 12.5. The van der Waals surface area contributed by atoms with Gasteiger partial charge in [-0.1, -0.05) is 149 Å². The van der Waals surface area contributed by atoms with Gasteiger partial charge in [0.15, 0.2) is 0 Å². The highest BCUT2D eigenvalue weighted by molar-refractivity contribution is 5.33. The van der Waals surface area contributed by atoms with E-state index in [2.05, 4.69) is 78.8 Å². The van der Waals surface area contributed by atoms with Gasteiger partial charge in [-0.15, -0.1) is 0 Å². The van der Waals surface area contributed by atoms with E-state index in [4.69, 9.17) is 4.74 Å². The van der Waals surface area contributed by atoms with Gasteiger partial charge >= 0.3 is 0 Å². The average molecular weight is 495 g/mol. The maximum absolute atomic E-state index is 5.66. The van der Waals surface area contributed by atoms with Gasteiger partial charge in [-0.05, 0) is 61.7 Å². The molecule has 36 heavy (non-hydrogen) atoms. The van der Waals surface area contributed by atoms with Crippen LogP contribution in [0.4, 0.5) is 0 Å². The molecule has 3 aromatic carbocycles. The minimum Gasteiger partial charge on any atom is -0.457 e. The van der Waals surface area contributed by atoms with Crippen molar-refractivity contribution in [3.8, 4) is 11.5 Å². The Bertz CT molecular complexity index is 761. The van der Waals surface area contributed by atoms with Gasteiger partial charge in [0.1, 0.15) is 11.5 Å². The highest BCUT2D eigenvalue weighted by Crippen LogP contribution is 2.21. The maximum atomic E-state index is 5.66. The lowest BCUT2D eigenvalue weighted by Crippen LogP contribution is -1.83. The summed E-state index contributed by atoms with van der Waals surface area (Å²) in [4.78, 5) is 0. The van der Waals surface area contributed by atoms with Gasteiger partial charge in [0, 0.05) is 0 Å². The Morgan fingerprint density at radius 3 is 1.19 bits per heavy atom. The second kappa shape index (κ2) is 30.5. The molecule has 0 N–H and O–H groups in total. The van der Waals surface area contributed by atoms with Gasteiger partial charge in [0.05, 0.1) is 0 Å². The molecule has 204 valence electrons. The molecule has 0 saturated carbocycles. The van der Waals surface area contributed by atoms with Crippen molar-refractivity contribution in [3.05, 3.63) is 95.6 Å². The summed E-state index contributed by atoms with van der Waals surface area (Å²) in [5.74, 6) is 1.76. The van der Waals surface area contributed by atoms with Crippen LogP contribution in [0.15, 0.2) is 78.9 Å². The van der Waals surface area contributed by atoms with Gasteiger partial charge in [-0.25, -0.2) is 0 Å². The Kier molecular flexibility index (Phi) is 32.2. The summed E-state index contributed by atoms with van der Waals surface area (Å²) in [5, 5.41) is 0. The molecule has 0 bridgehead atoms. The van der Waals surface area contributed by atoms with E-state index in [-0.39, 0.29) is 0 Å². The average Bonchev–Trinajstić information content (AvgIpc) is 2.91. The number of unbranched alkanes of at least 4 members (excludes halogenated alkanes) is 4. The number of hydrogen-bond donors (Lipinski definition) is 0. The monoisotopic (exact) mass is 494 g/mol. The first-order valence-corrected chi connectivity index (χ1v) is 14.3. The number of ether oxygens (including phenoxy) is 1. The smallest absolute Gasteiger partial charge is 0.127 e. The van der Waals surface area contributed by atoms with Crippen LogP contribution >= 0.6 is 0 Å². The fraction of sp³-hybridized carbons (Fsp3) is 0.486. The Morgan fingerprint density at radius 1 is 0.472 bits per heavy atom. The third-order valence-corrected chi connectivity index (χ3v) is 4.81. The first kappa shape index (κ1) is 38.0. The summed E-state index contributed by atoms with van der Waals surface area (Å²) in [5.41, 5.74) is 3.94. The zero-order valence-electron chi connectivity index (χ0n) is 25.7. The van der Waals surface area contributed by atoms with Crippen LogP contribution in [-0.4, -0.2) is 0 Å². The van der Waals surface area contributed by atoms with Crippen molar-refractivity contribution >= 4 is 0 Å². The van der Waals surface area contributed by atoms with Crippen molar-refractivity contribution in [1.82, 2.24) is 0 Å². The third-order valence-electron chi connectivity index (χ3n) is 4.81. The van der Waals surface area contributed by atoms with E-state index in [9.17, 15) is 0 Å². The molecule has 0 aliphatic rings. The molecule has 0 amide bonds. The van der Waals surface area contributed by atoms with Crippen molar-refractivity contribution in [1.29, 1.82) is 0 Å². The van der Waals surface area contributed by atoms with Crippen LogP contribution in [0.2, 0.25) is 0 Å². The highest BCUT2D eigenvalue weighted by Gasteiger charge is 1.95. The lowest BCUT2D eigenvalue weighted by molar-refractivity contribution is 0.482. The van der Waals surface area contributed by atoms with Gasteiger partial charge in [-0.2, -0.15) is 0 Å². The third kappa shape index (κ3) is 24.6. The van der Waals surface area contributed by atoms with Crippen LogP contribution in [-0.2, 0) is 0 Å². The lowest BCUT2D eigenvalue weighted by atomic mass is 10.1. The zero-order valence-corrected chi connectivity index (χ0v) is 25.7. The van der Waals surface area contributed by atoms with E-state index in [0.29, 0.717) is 0 Å². The molecular weight excluding hydrogens is 436 g/mol. The summed E-state index contributed by atoms with van der Waals surface area (Å²) in [6.45, 7) is 23.1. The molecule has 0 aliphatic heterocycles. The fourth-order valence-corrected chi connectivity index (χ4v) is 2.67. The number of rotatable bonds is 6. The summed E-state index contributed by atoms with van der Waals surface area (Å²) >= 11 is 0. The van der Waals surface area contributed by atoms with Crippen molar-refractivity contribution < 1.29 is 4.74 Å². The fourth-order valence-electron chi connectivity index (χ4n) is 2.67. The molecule has 0 heterocycles. The number of para-hydroxylation sites is 1. The Hall–Kier alpha value is -2.54. The molecule has 0 aliphatic carbocycles. The first-order valence-electron chi connectivity index (χ1n) is 14.3. The van der Waals surface area contributed by atoms with E-state index in [1.54, 1.807) is 0 Å². The van der Waals surface area contributed by atoms with Crippen LogP contribution < -0.4 is 4.74 Å². The molecule has 0 aromatic heterocycles. The van der Waals surface area contributed by atoms with E-state index in [1.165, 1.54) is 55.2 Å². The van der Waals surface area contributed by atoms with Crippen molar-refractivity contribution in [2.24, 2.45) is 0 Å². The highest BCUT2D eigenvalue weighted by atomic mass is 16.5. The Morgan fingerprint density at radius 2 is 0.861 bits per heavy atom. The van der Waals surface area contributed by atoms with Gasteiger partial charge in [0.25, 0.3) is 0 Å². The minimum absolute atomic E-state index is 0.873. The largest absolute Gasteiger partial charge is 0.457 e. The second-order valence-electron chi connectivity index (χ2n) is 8.02. The van der Waals surface area contributed by atoms with Gasteiger partial charge < -0.3 is 4.74 Å². The standard InChI is InChI=1S/C13H12O.C8H10.2C5H12.2C2H6/c1-11-6-5-9-13(10-11)14-12-7-3-2-4-8-12;1-7-5-3-4-6-8(7)2;2*1-3-5-4-2;2*1-2/h2-10H,1H3;3-6H,1-2H3;2*3-5H2,1-2H3;2*1-2H3. The van der Waals surface area contributed by atoms with E-state index in [0.717, 1.165) is 11.5 Å². The Balaban J connectivity index is -0.000000424. The summed E-state index contributed by atoms with van der Waals surface area (Å²) in [6.07, 6.45) is 8.15. The maximum Gasteiger partial charge on any atom is 0.127 e. The van der Waals surface area contributed by atoms with E-state index >= 15 is 0 Å². The number of benzene rings is 3. The van der Waals surface area contributed by atoms with Crippen LogP contribution in [0.25, 0.3) is 0 Å². The van der Waals surface area contributed by atoms with Crippen LogP contribution in [0.5, 0.6) is 11.5 Å². The number of hydrogen-bond acceptors (Lipinski definition) is 1. The lowest BCUT2D eigenvalue weighted by Gasteiger charge is -2.05. The van der Waals surface area contributed by atoms with Crippen LogP contribution in [0, 0.1) is 20.8 Å².